The Labute approximate surface area is 185 Å². The monoisotopic (exact) mass is 443 g/mol. The summed E-state index contributed by atoms with van der Waals surface area (Å²) in [4.78, 5) is 37.7. The number of amides is 1. The Hall–Kier alpha value is -2.23. The van der Waals surface area contributed by atoms with Gasteiger partial charge in [-0.25, -0.2) is 4.98 Å². The van der Waals surface area contributed by atoms with Crippen LogP contribution in [0.15, 0.2) is 28.0 Å². The Morgan fingerprint density at radius 1 is 1.20 bits per heavy atom. The van der Waals surface area contributed by atoms with Crippen molar-refractivity contribution in [3.8, 4) is 0 Å². The zero-order valence-corrected chi connectivity index (χ0v) is 19.2. The highest BCUT2D eigenvalue weighted by Gasteiger charge is 2.34. The van der Waals surface area contributed by atoms with E-state index in [1.165, 1.54) is 11.8 Å². The lowest BCUT2D eigenvalue weighted by Gasteiger charge is -2.34. The van der Waals surface area contributed by atoms with Gasteiger partial charge in [-0.1, -0.05) is 30.0 Å². The SMILES string of the molecule is Cc1cccn2c(=O)c(/C=C3/SC(=S)N(C(C)C)C3=O)c(N3CCN(C)CC3)nc12. The number of fused-ring (bicyclic) bond motifs is 1. The number of nitrogens with zero attached hydrogens (tertiary/aromatic N) is 5. The summed E-state index contributed by atoms with van der Waals surface area (Å²) >= 11 is 6.64. The zero-order valence-electron chi connectivity index (χ0n) is 17.6. The molecule has 158 valence electrons. The first kappa shape index (κ1) is 21.0. The Morgan fingerprint density at radius 3 is 2.53 bits per heavy atom. The number of carbonyl (C=O) groups excluding carboxylic acids is 1. The van der Waals surface area contributed by atoms with Gasteiger partial charge in [-0.2, -0.15) is 0 Å². The van der Waals surface area contributed by atoms with Crippen molar-refractivity contribution in [2.24, 2.45) is 0 Å². The van der Waals surface area contributed by atoms with Crippen molar-refractivity contribution in [3.63, 3.8) is 0 Å². The van der Waals surface area contributed by atoms with Crippen molar-refractivity contribution in [3.05, 3.63) is 44.7 Å². The number of likely N-dealkylation sites (N-methyl/N-ethyl adjacent to an activating group) is 1. The summed E-state index contributed by atoms with van der Waals surface area (Å²) in [7, 11) is 2.09. The van der Waals surface area contributed by atoms with Crippen molar-refractivity contribution >= 4 is 51.7 Å². The number of anilines is 1. The summed E-state index contributed by atoms with van der Waals surface area (Å²) in [6.07, 6.45) is 3.40. The third-order valence-electron chi connectivity index (χ3n) is 5.48. The van der Waals surface area contributed by atoms with Gasteiger partial charge in [0.05, 0.1) is 10.5 Å². The van der Waals surface area contributed by atoms with E-state index >= 15 is 0 Å². The van der Waals surface area contributed by atoms with E-state index in [2.05, 4.69) is 16.8 Å². The van der Waals surface area contributed by atoms with Crippen LogP contribution in [-0.2, 0) is 4.79 Å². The van der Waals surface area contributed by atoms with Crippen LogP contribution in [0, 0.1) is 6.92 Å². The molecule has 2 aliphatic heterocycles. The van der Waals surface area contributed by atoms with Crippen LogP contribution in [0.5, 0.6) is 0 Å². The number of carbonyl (C=O) groups is 1. The quantitative estimate of drug-likeness (QED) is 0.533. The van der Waals surface area contributed by atoms with Gasteiger partial charge in [-0.3, -0.25) is 18.9 Å². The molecule has 9 heteroatoms. The molecule has 4 rings (SSSR count). The fourth-order valence-corrected chi connectivity index (χ4v) is 5.25. The molecule has 1 amide bonds. The molecule has 0 unspecified atom stereocenters. The maximum absolute atomic E-state index is 13.5. The molecule has 7 nitrogen and oxygen atoms in total. The Morgan fingerprint density at radius 2 is 1.90 bits per heavy atom. The molecule has 2 saturated heterocycles. The maximum Gasteiger partial charge on any atom is 0.267 e. The molecule has 0 saturated carbocycles. The Kier molecular flexibility index (Phi) is 5.69. The number of aryl methyl sites for hydroxylation is 1. The van der Waals surface area contributed by atoms with E-state index in [-0.39, 0.29) is 17.5 Å². The number of thiocarbonyl (C=S) groups is 1. The van der Waals surface area contributed by atoms with Gasteiger partial charge in [0.2, 0.25) is 0 Å². The third-order valence-corrected chi connectivity index (χ3v) is 6.81. The molecular formula is C21H25N5O2S2. The minimum absolute atomic E-state index is 0.0287. The number of piperazine rings is 1. The van der Waals surface area contributed by atoms with Gasteiger partial charge < -0.3 is 9.80 Å². The van der Waals surface area contributed by atoms with Gasteiger partial charge >= 0.3 is 0 Å². The van der Waals surface area contributed by atoms with Crippen LogP contribution in [0.4, 0.5) is 5.82 Å². The average molecular weight is 444 g/mol. The van der Waals surface area contributed by atoms with Crippen LogP contribution in [0.1, 0.15) is 25.0 Å². The molecule has 2 fully saturated rings. The number of hydrogen-bond donors (Lipinski definition) is 0. The lowest BCUT2D eigenvalue weighted by molar-refractivity contribution is -0.123. The number of thioether (sulfide) groups is 1. The largest absolute Gasteiger partial charge is 0.353 e. The first-order chi connectivity index (χ1) is 14.3. The molecule has 0 atom stereocenters. The van der Waals surface area contributed by atoms with Crippen LogP contribution in [0.25, 0.3) is 11.7 Å². The van der Waals surface area contributed by atoms with Gasteiger partial charge in [-0.05, 0) is 45.5 Å². The van der Waals surface area contributed by atoms with E-state index in [4.69, 9.17) is 17.2 Å². The standard InChI is InChI=1S/C21H25N5O2S2/c1-13(2)26-20(28)16(30-21(26)29)12-15-18(24-10-8-23(4)9-11-24)22-17-14(3)6-5-7-25(17)19(15)27/h5-7,12-13H,8-11H2,1-4H3/b16-12+. The predicted molar refractivity (Wildman–Crippen MR) is 126 cm³/mol. The van der Waals surface area contributed by atoms with Crippen molar-refractivity contribution in [2.75, 3.05) is 38.1 Å². The minimum atomic E-state index is -0.174. The normalized spacial score (nSPS) is 19.7. The van der Waals surface area contributed by atoms with Gasteiger partial charge in [0.25, 0.3) is 11.5 Å². The molecular weight excluding hydrogens is 418 g/mol. The maximum atomic E-state index is 13.5. The summed E-state index contributed by atoms with van der Waals surface area (Å²) in [6, 6.07) is 3.75. The molecule has 0 bridgehead atoms. The lowest BCUT2D eigenvalue weighted by atomic mass is 10.2. The highest BCUT2D eigenvalue weighted by Crippen LogP contribution is 2.34. The van der Waals surface area contributed by atoms with Crippen LogP contribution < -0.4 is 10.5 Å². The van der Waals surface area contributed by atoms with Gasteiger partial charge in [0.15, 0.2) is 0 Å². The first-order valence-corrected chi connectivity index (χ1v) is 11.2. The Balaban J connectivity index is 1.89. The van der Waals surface area contributed by atoms with Crippen molar-refractivity contribution in [1.82, 2.24) is 19.2 Å². The van der Waals surface area contributed by atoms with Crippen molar-refractivity contribution < 1.29 is 4.79 Å². The molecule has 0 radical (unpaired) electrons. The van der Waals surface area contributed by atoms with E-state index in [1.54, 1.807) is 21.6 Å². The van der Waals surface area contributed by atoms with E-state index in [0.29, 0.717) is 26.3 Å². The summed E-state index contributed by atoms with van der Waals surface area (Å²) in [5.74, 6) is 0.482. The smallest absolute Gasteiger partial charge is 0.267 e. The zero-order chi connectivity index (χ0) is 21.6. The van der Waals surface area contributed by atoms with E-state index in [9.17, 15) is 9.59 Å². The molecule has 2 aromatic heterocycles. The second kappa shape index (κ2) is 8.13. The fraction of sp³-hybridized carbons (Fsp3) is 0.429. The van der Waals surface area contributed by atoms with Gasteiger partial charge in [0.1, 0.15) is 15.8 Å². The van der Waals surface area contributed by atoms with Crippen molar-refractivity contribution in [1.29, 1.82) is 0 Å². The molecule has 0 N–H and O–H groups in total. The third kappa shape index (κ3) is 3.66. The molecule has 0 aliphatic carbocycles. The highest BCUT2D eigenvalue weighted by atomic mass is 32.2. The molecule has 2 aromatic rings. The fourth-order valence-electron chi connectivity index (χ4n) is 3.74. The van der Waals surface area contributed by atoms with Crippen molar-refractivity contribution in [2.45, 2.75) is 26.8 Å². The first-order valence-electron chi connectivity index (χ1n) is 10.0. The van der Waals surface area contributed by atoms with E-state index in [1.807, 2.05) is 32.9 Å². The molecule has 0 aromatic carbocycles. The van der Waals surface area contributed by atoms with Crippen LogP contribution >= 0.6 is 24.0 Å². The second-order valence-electron chi connectivity index (χ2n) is 7.97. The summed E-state index contributed by atoms with van der Waals surface area (Å²) in [6.45, 7) is 9.14. The summed E-state index contributed by atoms with van der Waals surface area (Å²) in [5.41, 5.74) is 1.84. The van der Waals surface area contributed by atoms with Crippen LogP contribution in [-0.4, -0.2) is 68.7 Å². The number of rotatable bonds is 3. The van der Waals surface area contributed by atoms with Crippen LogP contribution in [0.2, 0.25) is 0 Å². The van der Waals surface area contributed by atoms with Crippen LogP contribution in [0.3, 0.4) is 0 Å². The van der Waals surface area contributed by atoms with Gasteiger partial charge in [-0.15, -0.1) is 0 Å². The topological polar surface area (TPSA) is 61.2 Å². The lowest BCUT2D eigenvalue weighted by Crippen LogP contribution is -2.45. The molecule has 0 spiro atoms. The second-order valence-corrected chi connectivity index (χ2v) is 9.65. The van der Waals surface area contributed by atoms with E-state index < -0.39 is 0 Å². The van der Waals surface area contributed by atoms with Gasteiger partial charge in [0, 0.05) is 38.4 Å². The summed E-state index contributed by atoms with van der Waals surface area (Å²) < 4.78 is 2.08. The highest BCUT2D eigenvalue weighted by molar-refractivity contribution is 8.26. The van der Waals surface area contributed by atoms with E-state index in [0.717, 1.165) is 31.7 Å². The Bertz CT molecular complexity index is 1120. The number of aromatic nitrogens is 2. The number of hydrogen-bond acceptors (Lipinski definition) is 7. The number of pyridine rings is 1. The average Bonchev–Trinajstić information content (AvgIpc) is 2.98. The molecule has 2 aliphatic rings. The molecule has 30 heavy (non-hydrogen) atoms. The minimum Gasteiger partial charge on any atom is -0.353 e. The summed E-state index contributed by atoms with van der Waals surface area (Å²) in [5, 5.41) is 0. The predicted octanol–water partition coefficient (Wildman–Crippen LogP) is 2.36. The molecule has 4 heterocycles.